The van der Waals surface area contributed by atoms with Crippen LogP contribution < -0.4 is 4.90 Å². The van der Waals surface area contributed by atoms with Gasteiger partial charge in [-0.15, -0.1) is 0 Å². The number of nitrogens with zero attached hydrogens (tertiary/aromatic N) is 1. The summed E-state index contributed by atoms with van der Waals surface area (Å²) in [6.45, 7) is 2.61. The fraction of sp³-hybridized carbons (Fsp3) is 0.432. The zero-order chi connectivity index (χ0) is 30.0. The minimum atomic E-state index is -0.799. The number of ether oxygens (including phenoxy) is 1. The molecule has 4 aliphatic rings. The number of halogens is 1. The third-order valence-electron chi connectivity index (χ3n) is 9.59. The number of anilines is 1. The molecule has 1 heterocycles. The lowest BCUT2D eigenvalue weighted by molar-refractivity contribution is -0.122. The molecule has 2 amide bonds. The van der Waals surface area contributed by atoms with Crippen molar-refractivity contribution >= 4 is 39.4 Å². The lowest BCUT2D eigenvalue weighted by Crippen LogP contribution is -2.50. The summed E-state index contributed by atoms with van der Waals surface area (Å²) in [5.41, 5.74) is 5.04. The fourth-order valence-electron chi connectivity index (χ4n) is 7.54. The lowest BCUT2D eigenvalue weighted by Gasteiger charge is -2.51. The molecule has 0 unspecified atom stereocenters. The normalized spacial score (nSPS) is 23.2. The van der Waals surface area contributed by atoms with Crippen LogP contribution in [0.3, 0.4) is 0 Å². The van der Waals surface area contributed by atoms with Gasteiger partial charge in [-0.3, -0.25) is 9.59 Å². The number of hydrogen-bond donors (Lipinski definition) is 0. The van der Waals surface area contributed by atoms with Gasteiger partial charge in [-0.2, -0.15) is 0 Å². The van der Waals surface area contributed by atoms with Gasteiger partial charge in [-0.1, -0.05) is 135 Å². The number of carbonyl (C=O) groups excluding carboxylic acids is 3. The van der Waals surface area contributed by atoms with E-state index >= 15 is 0 Å². The summed E-state index contributed by atoms with van der Waals surface area (Å²) < 4.78 is 4.78. The number of benzene rings is 3. The van der Waals surface area contributed by atoms with Crippen LogP contribution in [0.2, 0.25) is 0 Å². The maximum absolute atomic E-state index is 14.2. The summed E-state index contributed by atoms with van der Waals surface area (Å²) in [6.07, 6.45) is 12.1. The quantitative estimate of drug-likeness (QED) is 0.0810. The highest BCUT2D eigenvalue weighted by atomic mass is 79.9. The topological polar surface area (TPSA) is 63.7 Å². The van der Waals surface area contributed by atoms with Crippen LogP contribution in [0.5, 0.6) is 0 Å². The van der Waals surface area contributed by atoms with Gasteiger partial charge in [0.1, 0.15) is 0 Å². The van der Waals surface area contributed by atoms with Crippen molar-refractivity contribution in [3.05, 3.63) is 101 Å². The average Bonchev–Trinajstić information content (AvgIpc) is 3.30. The van der Waals surface area contributed by atoms with Crippen molar-refractivity contribution in [3.63, 3.8) is 0 Å². The van der Waals surface area contributed by atoms with Crippen molar-refractivity contribution in [2.45, 2.75) is 81.4 Å². The zero-order valence-electron chi connectivity index (χ0n) is 24.9. The van der Waals surface area contributed by atoms with Gasteiger partial charge in [0, 0.05) is 5.92 Å². The first kappa shape index (κ1) is 29.8. The van der Waals surface area contributed by atoms with E-state index in [-0.39, 0.29) is 17.7 Å². The number of alkyl halides is 1. The van der Waals surface area contributed by atoms with Crippen molar-refractivity contribution in [1.29, 1.82) is 0 Å². The van der Waals surface area contributed by atoms with E-state index in [9.17, 15) is 14.4 Å². The van der Waals surface area contributed by atoms with Gasteiger partial charge in [0.05, 0.1) is 34.0 Å². The Morgan fingerprint density at radius 1 is 0.767 bits per heavy atom. The molecule has 224 valence electrons. The second kappa shape index (κ2) is 12.8. The predicted octanol–water partition coefficient (Wildman–Crippen LogP) is 8.67. The molecule has 43 heavy (non-hydrogen) atoms. The van der Waals surface area contributed by atoms with Crippen molar-refractivity contribution in [2.75, 3.05) is 11.5 Å². The molecule has 1 saturated heterocycles. The molecule has 0 N–H and O–H groups in total. The average molecular weight is 643 g/mol. The number of imide groups is 1. The monoisotopic (exact) mass is 641 g/mol. The third kappa shape index (κ3) is 5.26. The minimum Gasteiger partial charge on any atom is -0.462 e. The highest BCUT2D eigenvalue weighted by Gasteiger charge is 2.67. The second-order valence-corrected chi connectivity index (χ2v) is 13.5. The van der Waals surface area contributed by atoms with Crippen LogP contribution in [-0.2, 0) is 18.7 Å². The highest BCUT2D eigenvalue weighted by Crippen LogP contribution is 2.66. The van der Waals surface area contributed by atoms with Gasteiger partial charge in [0.2, 0.25) is 11.8 Å². The standard InChI is InChI=1S/C37H40BrNO4/c1-2-3-4-5-6-7-8-9-10-15-23-43-36(42)25-17-16-18-26(24-25)39-34(40)32-31-27-19-11-13-21-29(27)37(38,33(32)35(39)41)30-22-14-12-20-28(30)31/h11-14,16-22,24,31-33H,2-10,15,23H2,1H3/t31?,32-,33-,37?/m1/s1. The van der Waals surface area contributed by atoms with Gasteiger partial charge >= 0.3 is 5.97 Å². The largest absolute Gasteiger partial charge is 0.462 e. The van der Waals surface area contributed by atoms with Crippen LogP contribution in [0.15, 0.2) is 72.8 Å². The SMILES string of the molecule is CCCCCCCCCCCCOC(=O)c1cccc(N2C(=O)[C@@H]3C4c5ccccc5C(Br)(c5ccccc54)[C@H]3C2=O)c1. The molecule has 0 saturated carbocycles. The lowest BCUT2D eigenvalue weighted by atomic mass is 9.55. The molecule has 3 aromatic rings. The molecule has 5 nitrogen and oxygen atoms in total. The molecule has 6 heteroatoms. The van der Waals surface area contributed by atoms with E-state index < -0.39 is 22.1 Å². The Kier molecular flexibility index (Phi) is 8.85. The van der Waals surface area contributed by atoms with Crippen LogP contribution in [-0.4, -0.2) is 24.4 Å². The van der Waals surface area contributed by atoms with Crippen molar-refractivity contribution in [3.8, 4) is 0 Å². The summed E-state index contributed by atoms with van der Waals surface area (Å²) in [6, 6.07) is 23.0. The summed E-state index contributed by atoms with van der Waals surface area (Å²) in [4.78, 5) is 42.6. The van der Waals surface area contributed by atoms with Crippen molar-refractivity contribution < 1.29 is 19.1 Å². The molecule has 0 spiro atoms. The Morgan fingerprint density at radius 2 is 1.35 bits per heavy atom. The molecule has 3 aliphatic carbocycles. The Morgan fingerprint density at radius 3 is 1.98 bits per heavy atom. The Labute approximate surface area is 263 Å². The number of hydrogen-bond acceptors (Lipinski definition) is 4. The summed E-state index contributed by atoms with van der Waals surface area (Å²) in [5, 5.41) is 0. The van der Waals surface area contributed by atoms with Crippen molar-refractivity contribution in [1.82, 2.24) is 0 Å². The van der Waals surface area contributed by atoms with Gasteiger partial charge < -0.3 is 4.74 Å². The molecule has 2 bridgehead atoms. The zero-order valence-corrected chi connectivity index (χ0v) is 26.5. The molecule has 2 atom stereocenters. The molecule has 0 radical (unpaired) electrons. The number of amides is 2. The van der Waals surface area contributed by atoms with Crippen LogP contribution in [0.1, 0.15) is 110 Å². The Hall–Kier alpha value is -3.25. The number of rotatable bonds is 13. The minimum absolute atomic E-state index is 0.201. The van der Waals surface area contributed by atoms with Gasteiger partial charge in [0.25, 0.3) is 0 Å². The van der Waals surface area contributed by atoms with Crippen LogP contribution >= 0.6 is 15.9 Å². The number of esters is 1. The first-order valence-electron chi connectivity index (χ1n) is 16.0. The Bertz CT molecular complexity index is 1470. The van der Waals surface area contributed by atoms with Crippen LogP contribution in [0, 0.1) is 11.8 Å². The first-order valence-corrected chi connectivity index (χ1v) is 16.8. The third-order valence-corrected chi connectivity index (χ3v) is 10.9. The van der Waals surface area contributed by atoms with Crippen LogP contribution in [0.25, 0.3) is 0 Å². The summed E-state index contributed by atoms with van der Waals surface area (Å²) >= 11 is 4.04. The van der Waals surface area contributed by atoms with E-state index in [1.807, 2.05) is 24.3 Å². The van der Waals surface area contributed by atoms with E-state index in [1.54, 1.807) is 24.3 Å². The molecule has 3 aromatic carbocycles. The van der Waals surface area contributed by atoms with E-state index in [4.69, 9.17) is 4.74 Å². The van der Waals surface area contributed by atoms with E-state index in [1.165, 1.54) is 49.8 Å². The van der Waals surface area contributed by atoms with E-state index in [2.05, 4.69) is 47.1 Å². The first-order chi connectivity index (χ1) is 21.0. The van der Waals surface area contributed by atoms with Gasteiger partial charge in [-0.25, -0.2) is 9.69 Å². The number of unbranched alkanes of at least 4 members (excludes halogenated alkanes) is 9. The predicted molar refractivity (Wildman–Crippen MR) is 172 cm³/mol. The molecule has 0 aromatic heterocycles. The maximum Gasteiger partial charge on any atom is 0.338 e. The summed E-state index contributed by atoms with van der Waals surface area (Å²) in [5.74, 6) is -2.19. The molecule has 7 rings (SSSR count). The number of carbonyl (C=O) groups is 3. The Balaban J connectivity index is 1.12. The summed E-state index contributed by atoms with van der Waals surface area (Å²) in [7, 11) is 0. The molecular weight excluding hydrogens is 602 g/mol. The molecular formula is C37H40BrNO4. The maximum atomic E-state index is 14.2. The van der Waals surface area contributed by atoms with Crippen LogP contribution in [0.4, 0.5) is 5.69 Å². The van der Waals surface area contributed by atoms with E-state index in [0.29, 0.717) is 17.9 Å². The second-order valence-electron chi connectivity index (χ2n) is 12.2. The highest BCUT2D eigenvalue weighted by molar-refractivity contribution is 9.09. The fourth-order valence-corrected chi connectivity index (χ4v) is 8.75. The molecule has 1 aliphatic heterocycles. The smallest absolute Gasteiger partial charge is 0.338 e. The van der Waals surface area contributed by atoms with Gasteiger partial charge in [0.15, 0.2) is 0 Å². The van der Waals surface area contributed by atoms with E-state index in [0.717, 1.165) is 41.5 Å². The van der Waals surface area contributed by atoms with Crippen molar-refractivity contribution in [2.24, 2.45) is 11.8 Å². The molecule has 1 fully saturated rings. The van der Waals surface area contributed by atoms with Gasteiger partial charge in [-0.05, 0) is 46.9 Å².